The Bertz CT molecular complexity index is 622. The second kappa shape index (κ2) is 4.87. The average Bonchev–Trinajstić information content (AvgIpc) is 2.78. The number of benzene rings is 1. The molecule has 96 valence electrons. The highest BCUT2D eigenvalue weighted by Gasteiger charge is 2.23. The molecule has 0 amide bonds. The van der Waals surface area contributed by atoms with Crippen LogP contribution in [0.1, 0.15) is 11.3 Å². The molecule has 0 unspecified atom stereocenters. The number of rotatable bonds is 2. The van der Waals surface area contributed by atoms with Gasteiger partial charge in [0.05, 0.1) is 11.8 Å². The van der Waals surface area contributed by atoms with Crippen LogP contribution < -0.4 is 0 Å². The maximum absolute atomic E-state index is 8.93. The van der Waals surface area contributed by atoms with E-state index in [0.717, 1.165) is 30.8 Å². The summed E-state index contributed by atoms with van der Waals surface area (Å²) in [5, 5.41) is 13.6. The first-order valence-corrected chi connectivity index (χ1v) is 6.49. The molecule has 1 aromatic heterocycles. The molecule has 19 heavy (non-hydrogen) atoms. The van der Waals surface area contributed by atoms with Gasteiger partial charge < -0.3 is 4.90 Å². The first-order valence-electron chi connectivity index (χ1n) is 6.49. The number of nitriles is 1. The predicted molar refractivity (Wildman–Crippen MR) is 73.3 cm³/mol. The minimum Gasteiger partial charge on any atom is -0.302 e. The Morgan fingerprint density at radius 1 is 1.32 bits per heavy atom. The number of fused-ring (bicyclic) bond motifs is 1. The maximum Gasteiger partial charge on any atom is 0.128 e. The van der Waals surface area contributed by atoms with E-state index in [1.165, 1.54) is 11.3 Å². The fourth-order valence-corrected chi connectivity index (χ4v) is 2.65. The zero-order chi connectivity index (χ0) is 13.2. The lowest BCUT2D eigenvalue weighted by Crippen LogP contribution is -2.27. The van der Waals surface area contributed by atoms with Crippen molar-refractivity contribution in [2.24, 2.45) is 0 Å². The van der Waals surface area contributed by atoms with Crippen LogP contribution >= 0.6 is 0 Å². The van der Waals surface area contributed by atoms with Gasteiger partial charge in [0.25, 0.3) is 0 Å². The molecule has 1 aliphatic rings. The summed E-state index contributed by atoms with van der Waals surface area (Å²) < 4.78 is 1.87. The van der Waals surface area contributed by atoms with E-state index in [9.17, 15) is 0 Å². The smallest absolute Gasteiger partial charge is 0.128 e. The molecule has 1 aromatic carbocycles. The van der Waals surface area contributed by atoms with Gasteiger partial charge >= 0.3 is 0 Å². The first kappa shape index (κ1) is 11.9. The molecule has 4 nitrogen and oxygen atoms in total. The van der Waals surface area contributed by atoms with Gasteiger partial charge in [-0.05, 0) is 7.05 Å². The Balaban J connectivity index is 2.12. The number of aromatic nitrogens is 2. The maximum atomic E-state index is 8.93. The lowest BCUT2D eigenvalue weighted by Gasteiger charge is -2.23. The van der Waals surface area contributed by atoms with E-state index in [1.807, 2.05) is 22.9 Å². The van der Waals surface area contributed by atoms with Crippen LogP contribution in [0.4, 0.5) is 0 Å². The molecular formula is C15H16N4. The Kier molecular flexibility index (Phi) is 3.06. The van der Waals surface area contributed by atoms with E-state index in [-0.39, 0.29) is 0 Å². The van der Waals surface area contributed by atoms with Gasteiger partial charge in [0.15, 0.2) is 0 Å². The van der Waals surface area contributed by atoms with Crippen molar-refractivity contribution in [3.8, 4) is 17.3 Å². The zero-order valence-corrected chi connectivity index (χ0v) is 11.0. The first-order chi connectivity index (χ1) is 9.29. The molecule has 3 rings (SSSR count). The van der Waals surface area contributed by atoms with Gasteiger partial charge in [-0.3, -0.25) is 4.68 Å². The Morgan fingerprint density at radius 3 is 2.84 bits per heavy atom. The normalized spacial score (nSPS) is 14.9. The van der Waals surface area contributed by atoms with Crippen molar-refractivity contribution in [2.75, 3.05) is 13.6 Å². The van der Waals surface area contributed by atoms with E-state index in [0.29, 0.717) is 6.54 Å². The van der Waals surface area contributed by atoms with E-state index in [2.05, 4.69) is 35.2 Å². The second-order valence-electron chi connectivity index (χ2n) is 4.94. The molecule has 4 heteroatoms. The Hall–Kier alpha value is -2.12. The largest absolute Gasteiger partial charge is 0.302 e. The van der Waals surface area contributed by atoms with Gasteiger partial charge in [-0.15, -0.1) is 0 Å². The van der Waals surface area contributed by atoms with Gasteiger partial charge in [-0.1, -0.05) is 30.3 Å². The molecule has 1 aliphatic heterocycles. The fraction of sp³-hybridized carbons (Fsp3) is 0.333. The molecule has 0 radical (unpaired) electrons. The third-order valence-corrected chi connectivity index (χ3v) is 3.59. The number of hydrogen-bond acceptors (Lipinski definition) is 3. The summed E-state index contributed by atoms with van der Waals surface area (Å²) in [4.78, 5) is 2.30. The summed E-state index contributed by atoms with van der Waals surface area (Å²) in [5.41, 5.74) is 4.65. The van der Waals surface area contributed by atoms with Gasteiger partial charge in [0.1, 0.15) is 6.54 Å². The van der Waals surface area contributed by atoms with Gasteiger partial charge in [-0.2, -0.15) is 10.4 Å². The summed E-state index contributed by atoms with van der Waals surface area (Å²) in [5.74, 6) is 0. The lowest BCUT2D eigenvalue weighted by atomic mass is 10.0. The second-order valence-corrected chi connectivity index (χ2v) is 4.94. The minimum absolute atomic E-state index is 0.332. The average molecular weight is 252 g/mol. The third kappa shape index (κ3) is 2.13. The monoisotopic (exact) mass is 252 g/mol. The van der Waals surface area contributed by atoms with Crippen molar-refractivity contribution in [1.82, 2.24) is 14.7 Å². The summed E-state index contributed by atoms with van der Waals surface area (Å²) in [6.07, 6.45) is 0.966. The van der Waals surface area contributed by atoms with Crippen molar-refractivity contribution in [1.29, 1.82) is 5.26 Å². The van der Waals surface area contributed by atoms with Crippen LogP contribution in [0.15, 0.2) is 30.3 Å². The number of nitrogens with zero attached hydrogens (tertiary/aromatic N) is 4. The van der Waals surface area contributed by atoms with Crippen molar-refractivity contribution in [3.63, 3.8) is 0 Å². The van der Waals surface area contributed by atoms with Crippen LogP contribution in [0.5, 0.6) is 0 Å². The molecule has 0 aliphatic carbocycles. The molecule has 2 aromatic rings. The zero-order valence-electron chi connectivity index (χ0n) is 11.0. The van der Waals surface area contributed by atoms with Gasteiger partial charge in [-0.25, -0.2) is 0 Å². The predicted octanol–water partition coefficient (Wildman–Crippen LogP) is 2.06. The Labute approximate surface area is 112 Å². The van der Waals surface area contributed by atoms with Crippen molar-refractivity contribution in [2.45, 2.75) is 19.5 Å². The van der Waals surface area contributed by atoms with Crippen LogP contribution in [0.3, 0.4) is 0 Å². The highest BCUT2D eigenvalue weighted by molar-refractivity contribution is 5.64. The summed E-state index contributed by atoms with van der Waals surface area (Å²) in [6, 6.07) is 12.4. The van der Waals surface area contributed by atoms with E-state index in [1.54, 1.807) is 0 Å². The summed E-state index contributed by atoms with van der Waals surface area (Å²) in [7, 11) is 2.12. The molecule has 0 spiro atoms. The SMILES string of the molecule is CN1CCc2c(c(-c3ccccc3)nn2CC#N)C1. The fourth-order valence-electron chi connectivity index (χ4n) is 2.65. The van der Waals surface area contributed by atoms with Crippen molar-refractivity contribution < 1.29 is 0 Å². The standard InChI is InChI=1S/C15H16N4/c1-18-9-7-14-13(11-18)15(17-19(14)10-8-16)12-5-3-2-4-6-12/h2-6H,7,9-11H2,1H3. The number of likely N-dealkylation sites (N-methyl/N-ethyl adjacent to an activating group) is 1. The molecule has 0 atom stereocenters. The molecule has 0 N–H and O–H groups in total. The molecular weight excluding hydrogens is 236 g/mol. The van der Waals surface area contributed by atoms with Crippen molar-refractivity contribution >= 4 is 0 Å². The Morgan fingerprint density at radius 2 is 2.11 bits per heavy atom. The lowest BCUT2D eigenvalue weighted by molar-refractivity contribution is 0.308. The molecule has 0 bridgehead atoms. The highest BCUT2D eigenvalue weighted by atomic mass is 15.3. The van der Waals surface area contributed by atoms with Crippen LogP contribution in [0.25, 0.3) is 11.3 Å². The third-order valence-electron chi connectivity index (χ3n) is 3.59. The van der Waals surface area contributed by atoms with Crippen LogP contribution in [-0.2, 0) is 19.5 Å². The van der Waals surface area contributed by atoms with Crippen LogP contribution in [0.2, 0.25) is 0 Å². The highest BCUT2D eigenvalue weighted by Crippen LogP contribution is 2.29. The van der Waals surface area contributed by atoms with E-state index >= 15 is 0 Å². The van der Waals surface area contributed by atoms with E-state index in [4.69, 9.17) is 5.26 Å². The number of hydrogen-bond donors (Lipinski definition) is 0. The summed E-state index contributed by atoms with van der Waals surface area (Å²) in [6.45, 7) is 2.27. The molecule has 0 saturated carbocycles. The molecule has 0 saturated heterocycles. The topological polar surface area (TPSA) is 44.9 Å². The molecule has 2 heterocycles. The van der Waals surface area contributed by atoms with E-state index < -0.39 is 0 Å². The molecule has 0 fully saturated rings. The van der Waals surface area contributed by atoms with Crippen LogP contribution in [-0.4, -0.2) is 28.3 Å². The van der Waals surface area contributed by atoms with Crippen LogP contribution in [0, 0.1) is 11.3 Å². The van der Waals surface area contributed by atoms with Crippen molar-refractivity contribution in [3.05, 3.63) is 41.6 Å². The van der Waals surface area contributed by atoms with Gasteiger partial charge in [0.2, 0.25) is 0 Å². The van der Waals surface area contributed by atoms with Gasteiger partial charge in [0, 0.05) is 36.3 Å². The minimum atomic E-state index is 0.332. The quantitative estimate of drug-likeness (QED) is 0.821. The summed E-state index contributed by atoms with van der Waals surface area (Å²) >= 11 is 0.